The van der Waals surface area contributed by atoms with E-state index in [1.807, 2.05) is 25.0 Å². The van der Waals surface area contributed by atoms with Crippen molar-refractivity contribution < 1.29 is 9.84 Å². The number of nitrogens with zero attached hydrogens (tertiary/aromatic N) is 2. The Morgan fingerprint density at radius 1 is 1.79 bits per heavy atom. The van der Waals surface area contributed by atoms with E-state index in [4.69, 9.17) is 4.74 Å². The number of rotatable bonds is 2. The second kappa shape index (κ2) is 4.33. The van der Waals surface area contributed by atoms with Crippen LogP contribution in [0.25, 0.3) is 0 Å². The van der Waals surface area contributed by atoms with Gasteiger partial charge in [0.25, 0.3) is 0 Å². The molecule has 2 heterocycles. The van der Waals surface area contributed by atoms with Crippen LogP contribution in [-0.2, 0) is 11.8 Å². The van der Waals surface area contributed by atoms with E-state index in [1.165, 1.54) is 0 Å². The summed E-state index contributed by atoms with van der Waals surface area (Å²) in [5.41, 5.74) is 0.833. The molecule has 0 bridgehead atoms. The molecule has 2 atom stereocenters. The zero-order valence-electron chi connectivity index (χ0n) is 8.09. The number of aliphatic hydroxyl groups excluding tert-OH is 1. The minimum atomic E-state index is -0.545. The molecule has 5 heteroatoms. The van der Waals surface area contributed by atoms with Crippen molar-refractivity contribution in [1.29, 1.82) is 0 Å². The molecule has 0 saturated carbocycles. The number of aryl methyl sites for hydroxylation is 1. The highest BCUT2D eigenvalue weighted by atomic mass is 32.2. The molecule has 1 aromatic heterocycles. The van der Waals surface area contributed by atoms with Gasteiger partial charge in [0.05, 0.1) is 18.9 Å². The molecule has 2 rings (SSSR count). The van der Waals surface area contributed by atoms with Gasteiger partial charge >= 0.3 is 0 Å². The summed E-state index contributed by atoms with van der Waals surface area (Å²) >= 11 is 1.82. The summed E-state index contributed by atoms with van der Waals surface area (Å²) in [5, 5.41) is 14.0. The highest BCUT2D eigenvalue weighted by Crippen LogP contribution is 2.24. The largest absolute Gasteiger partial charge is 0.386 e. The zero-order chi connectivity index (χ0) is 9.97. The first-order chi connectivity index (χ1) is 6.77. The Labute approximate surface area is 87.3 Å². The molecule has 78 valence electrons. The van der Waals surface area contributed by atoms with Gasteiger partial charge in [-0.1, -0.05) is 0 Å². The summed E-state index contributed by atoms with van der Waals surface area (Å²) in [4.78, 5) is 0. The van der Waals surface area contributed by atoms with Gasteiger partial charge in [-0.15, -0.1) is 0 Å². The Bertz CT molecular complexity index is 297. The van der Waals surface area contributed by atoms with Gasteiger partial charge in [-0.05, 0) is 0 Å². The van der Waals surface area contributed by atoms with Crippen molar-refractivity contribution in [2.45, 2.75) is 12.2 Å². The molecule has 1 fully saturated rings. The maximum Gasteiger partial charge on any atom is 0.109 e. The average Bonchev–Trinajstić information content (AvgIpc) is 2.65. The van der Waals surface area contributed by atoms with Crippen molar-refractivity contribution >= 4 is 11.8 Å². The van der Waals surface area contributed by atoms with Crippen molar-refractivity contribution in [2.24, 2.45) is 7.05 Å². The van der Waals surface area contributed by atoms with Gasteiger partial charge in [-0.3, -0.25) is 4.68 Å². The van der Waals surface area contributed by atoms with Crippen LogP contribution in [0.3, 0.4) is 0 Å². The maximum atomic E-state index is 9.97. The molecule has 1 saturated heterocycles. The monoisotopic (exact) mass is 214 g/mol. The lowest BCUT2D eigenvalue weighted by molar-refractivity contribution is -0.0227. The third-order valence-electron chi connectivity index (χ3n) is 2.26. The second-order valence-corrected chi connectivity index (χ2v) is 4.53. The minimum Gasteiger partial charge on any atom is -0.386 e. The smallest absolute Gasteiger partial charge is 0.109 e. The molecule has 1 aromatic rings. The van der Waals surface area contributed by atoms with Crippen LogP contribution in [0.15, 0.2) is 12.4 Å². The number of aliphatic hydroxyl groups is 1. The van der Waals surface area contributed by atoms with Gasteiger partial charge in [-0.25, -0.2) is 0 Å². The summed E-state index contributed by atoms with van der Waals surface area (Å²) in [7, 11) is 1.84. The summed E-state index contributed by atoms with van der Waals surface area (Å²) in [6.45, 7) is 0.729. The molecule has 0 aromatic carbocycles. The Hall–Kier alpha value is -0.520. The number of thioether (sulfide) groups is 1. The standard InChI is InChI=1S/C9H14N2O2S/c1-11-5-7(4-10-11)9(12)8-6-14-3-2-13-8/h4-5,8-9,12H,2-3,6H2,1H3. The molecule has 0 radical (unpaired) electrons. The van der Waals surface area contributed by atoms with Gasteiger partial charge < -0.3 is 9.84 Å². The fourth-order valence-corrected chi connectivity index (χ4v) is 2.39. The van der Waals surface area contributed by atoms with Crippen molar-refractivity contribution in [3.8, 4) is 0 Å². The molecule has 4 nitrogen and oxygen atoms in total. The van der Waals surface area contributed by atoms with E-state index in [0.29, 0.717) is 0 Å². The van der Waals surface area contributed by atoms with Gasteiger partial charge in [0.15, 0.2) is 0 Å². The summed E-state index contributed by atoms with van der Waals surface area (Å²) in [6, 6.07) is 0. The zero-order valence-corrected chi connectivity index (χ0v) is 8.91. The van der Waals surface area contributed by atoms with Crippen LogP contribution >= 0.6 is 11.8 Å². The first-order valence-electron chi connectivity index (χ1n) is 4.63. The third kappa shape index (κ3) is 2.10. The Balaban J connectivity index is 2.03. The molecule has 2 unspecified atom stereocenters. The third-order valence-corrected chi connectivity index (χ3v) is 3.28. The fourth-order valence-electron chi connectivity index (χ4n) is 1.50. The highest BCUT2D eigenvalue weighted by molar-refractivity contribution is 7.99. The molecular formula is C9H14N2O2S. The van der Waals surface area contributed by atoms with Crippen molar-refractivity contribution in [2.75, 3.05) is 18.1 Å². The first-order valence-corrected chi connectivity index (χ1v) is 5.79. The van der Waals surface area contributed by atoms with Crippen LogP contribution < -0.4 is 0 Å². The average molecular weight is 214 g/mol. The van der Waals surface area contributed by atoms with E-state index >= 15 is 0 Å². The van der Waals surface area contributed by atoms with Gasteiger partial charge in [-0.2, -0.15) is 16.9 Å². The number of aromatic nitrogens is 2. The molecule has 0 amide bonds. The van der Waals surface area contributed by atoms with Crippen LogP contribution in [0.5, 0.6) is 0 Å². The Morgan fingerprint density at radius 2 is 2.64 bits per heavy atom. The van der Waals surface area contributed by atoms with Crippen LogP contribution in [0.4, 0.5) is 0 Å². The van der Waals surface area contributed by atoms with E-state index in [0.717, 1.165) is 23.7 Å². The molecular weight excluding hydrogens is 200 g/mol. The molecule has 1 N–H and O–H groups in total. The number of hydrogen-bond donors (Lipinski definition) is 1. The van der Waals surface area contributed by atoms with Crippen molar-refractivity contribution in [1.82, 2.24) is 9.78 Å². The normalized spacial score (nSPS) is 24.9. The van der Waals surface area contributed by atoms with E-state index < -0.39 is 6.10 Å². The lowest BCUT2D eigenvalue weighted by Crippen LogP contribution is -2.29. The molecule has 1 aliphatic heterocycles. The Kier molecular flexibility index (Phi) is 3.10. The highest BCUT2D eigenvalue weighted by Gasteiger charge is 2.25. The number of hydrogen-bond acceptors (Lipinski definition) is 4. The van der Waals surface area contributed by atoms with Crippen LogP contribution in [0, 0.1) is 0 Å². The first kappa shape index (κ1) is 10.0. The van der Waals surface area contributed by atoms with Crippen molar-refractivity contribution in [3.63, 3.8) is 0 Å². The predicted octanol–water partition coefficient (Wildman–Crippen LogP) is 0.585. The van der Waals surface area contributed by atoms with E-state index in [2.05, 4.69) is 5.10 Å². The van der Waals surface area contributed by atoms with Crippen LogP contribution in [0.2, 0.25) is 0 Å². The van der Waals surface area contributed by atoms with E-state index in [9.17, 15) is 5.11 Å². The quantitative estimate of drug-likeness (QED) is 0.782. The van der Waals surface area contributed by atoms with Gasteiger partial charge in [0.2, 0.25) is 0 Å². The van der Waals surface area contributed by atoms with Crippen molar-refractivity contribution in [3.05, 3.63) is 18.0 Å². The summed E-state index contributed by atoms with van der Waals surface area (Å²) in [5.74, 6) is 1.88. The van der Waals surface area contributed by atoms with Gasteiger partial charge in [0, 0.05) is 30.3 Å². The second-order valence-electron chi connectivity index (χ2n) is 3.38. The molecule has 14 heavy (non-hydrogen) atoms. The van der Waals surface area contributed by atoms with Gasteiger partial charge in [0.1, 0.15) is 6.10 Å². The predicted molar refractivity (Wildman–Crippen MR) is 55.2 cm³/mol. The molecule has 1 aliphatic rings. The Morgan fingerprint density at radius 3 is 3.21 bits per heavy atom. The van der Waals surface area contributed by atoms with Crippen LogP contribution in [0.1, 0.15) is 11.7 Å². The fraction of sp³-hybridized carbons (Fsp3) is 0.667. The van der Waals surface area contributed by atoms with E-state index in [-0.39, 0.29) is 6.10 Å². The minimum absolute atomic E-state index is 0.0852. The number of ether oxygens (including phenoxy) is 1. The summed E-state index contributed by atoms with van der Waals surface area (Å²) < 4.78 is 7.18. The lowest BCUT2D eigenvalue weighted by atomic mass is 10.1. The van der Waals surface area contributed by atoms with E-state index in [1.54, 1.807) is 10.9 Å². The maximum absolute atomic E-state index is 9.97. The topological polar surface area (TPSA) is 47.3 Å². The van der Waals surface area contributed by atoms with Crippen LogP contribution in [-0.4, -0.2) is 39.1 Å². The molecule has 0 aliphatic carbocycles. The molecule has 0 spiro atoms. The summed E-state index contributed by atoms with van der Waals surface area (Å²) in [6.07, 6.45) is 2.88. The SMILES string of the molecule is Cn1cc(C(O)C2CSCCO2)cn1. The lowest BCUT2D eigenvalue weighted by Gasteiger charge is -2.26.